The van der Waals surface area contributed by atoms with Crippen molar-refractivity contribution in [3.05, 3.63) is 42.4 Å². The standard InChI is InChI=1S/C15H19N3O3.2ClH/c1-20-9-8-16-6-7-18-15(19)13-4-2-12(3-5-13)14-10-17-11-21-14;;/h2-5,10-11,16H,6-9H2,1H3,(H,18,19);2*1H. The number of rotatable bonds is 8. The van der Waals surface area contributed by atoms with Gasteiger partial charge in [-0.1, -0.05) is 12.1 Å². The fourth-order valence-corrected chi connectivity index (χ4v) is 1.81. The van der Waals surface area contributed by atoms with Crippen molar-refractivity contribution in [3.8, 4) is 11.3 Å². The molecule has 8 heteroatoms. The van der Waals surface area contributed by atoms with Crippen LogP contribution in [0, 0.1) is 0 Å². The maximum Gasteiger partial charge on any atom is 0.251 e. The molecular formula is C15H21Cl2N3O3. The molecule has 1 amide bonds. The molecule has 0 bridgehead atoms. The molecule has 1 aromatic heterocycles. The summed E-state index contributed by atoms with van der Waals surface area (Å²) in [7, 11) is 1.66. The second-order valence-electron chi connectivity index (χ2n) is 4.44. The van der Waals surface area contributed by atoms with Crippen LogP contribution in [-0.2, 0) is 4.74 Å². The number of carbonyl (C=O) groups excluding carboxylic acids is 1. The van der Waals surface area contributed by atoms with Gasteiger partial charge in [0.15, 0.2) is 12.2 Å². The number of nitrogens with one attached hydrogen (secondary N) is 2. The Hall–Kier alpha value is -1.60. The largest absolute Gasteiger partial charge is 0.444 e. The summed E-state index contributed by atoms with van der Waals surface area (Å²) in [6.45, 7) is 2.73. The average molecular weight is 362 g/mol. The highest BCUT2D eigenvalue weighted by atomic mass is 35.5. The molecule has 0 radical (unpaired) electrons. The smallest absolute Gasteiger partial charge is 0.251 e. The molecule has 23 heavy (non-hydrogen) atoms. The van der Waals surface area contributed by atoms with Gasteiger partial charge in [-0.15, -0.1) is 24.8 Å². The molecule has 2 N–H and O–H groups in total. The summed E-state index contributed by atoms with van der Waals surface area (Å²) in [4.78, 5) is 15.8. The van der Waals surface area contributed by atoms with Gasteiger partial charge in [0.1, 0.15) is 0 Å². The Balaban J connectivity index is 0.00000242. The fraction of sp³-hybridized carbons (Fsp3) is 0.333. The second kappa shape index (κ2) is 11.9. The van der Waals surface area contributed by atoms with Gasteiger partial charge in [-0.2, -0.15) is 0 Å². The van der Waals surface area contributed by atoms with Gasteiger partial charge >= 0.3 is 0 Å². The SMILES string of the molecule is COCCNCCNC(=O)c1ccc(-c2cnco2)cc1.Cl.Cl. The first-order valence-electron chi connectivity index (χ1n) is 6.78. The number of nitrogens with zero attached hydrogens (tertiary/aromatic N) is 1. The van der Waals surface area contributed by atoms with Crippen LogP contribution in [-0.4, -0.2) is 44.2 Å². The number of halogens is 2. The molecule has 0 unspecified atom stereocenters. The number of carbonyl (C=O) groups is 1. The van der Waals surface area contributed by atoms with E-state index >= 15 is 0 Å². The van der Waals surface area contributed by atoms with Crippen molar-refractivity contribution in [2.24, 2.45) is 0 Å². The zero-order chi connectivity index (χ0) is 14.9. The van der Waals surface area contributed by atoms with Crippen LogP contribution in [0.1, 0.15) is 10.4 Å². The highest BCUT2D eigenvalue weighted by molar-refractivity contribution is 5.94. The van der Waals surface area contributed by atoms with E-state index in [-0.39, 0.29) is 30.7 Å². The summed E-state index contributed by atoms with van der Waals surface area (Å²) in [5.74, 6) is 0.594. The summed E-state index contributed by atoms with van der Waals surface area (Å²) in [5.41, 5.74) is 1.51. The number of amides is 1. The Kier molecular flexibility index (Phi) is 11.1. The highest BCUT2D eigenvalue weighted by Crippen LogP contribution is 2.18. The Bertz CT molecular complexity index is 548. The number of methoxy groups -OCH3 is 1. The normalized spacial score (nSPS) is 9.61. The minimum absolute atomic E-state index is 0. The third-order valence-corrected chi connectivity index (χ3v) is 2.93. The van der Waals surface area contributed by atoms with Gasteiger partial charge in [0.05, 0.1) is 12.8 Å². The first-order chi connectivity index (χ1) is 10.3. The molecule has 0 aliphatic carbocycles. The molecule has 1 heterocycles. The lowest BCUT2D eigenvalue weighted by Crippen LogP contribution is -2.33. The van der Waals surface area contributed by atoms with Gasteiger partial charge in [-0.25, -0.2) is 4.98 Å². The van der Waals surface area contributed by atoms with Crippen molar-refractivity contribution >= 4 is 30.7 Å². The van der Waals surface area contributed by atoms with Crippen molar-refractivity contribution in [1.82, 2.24) is 15.6 Å². The first-order valence-corrected chi connectivity index (χ1v) is 6.78. The maximum atomic E-state index is 11.9. The van der Waals surface area contributed by atoms with E-state index in [4.69, 9.17) is 9.15 Å². The van der Waals surface area contributed by atoms with Crippen molar-refractivity contribution in [3.63, 3.8) is 0 Å². The minimum atomic E-state index is -0.0901. The number of benzene rings is 1. The summed E-state index contributed by atoms with van der Waals surface area (Å²) < 4.78 is 10.1. The zero-order valence-electron chi connectivity index (χ0n) is 12.8. The van der Waals surface area contributed by atoms with Crippen LogP contribution < -0.4 is 10.6 Å². The van der Waals surface area contributed by atoms with Gasteiger partial charge in [-0.05, 0) is 12.1 Å². The predicted molar refractivity (Wildman–Crippen MR) is 93.5 cm³/mol. The molecule has 0 spiro atoms. The molecule has 2 aromatic rings. The van der Waals surface area contributed by atoms with E-state index in [0.717, 1.165) is 12.1 Å². The maximum absolute atomic E-state index is 11.9. The van der Waals surface area contributed by atoms with Crippen molar-refractivity contribution < 1.29 is 13.9 Å². The Morgan fingerprint density at radius 1 is 1.17 bits per heavy atom. The van der Waals surface area contributed by atoms with E-state index in [2.05, 4.69) is 15.6 Å². The molecule has 0 saturated carbocycles. The predicted octanol–water partition coefficient (Wildman–Crippen LogP) is 2.15. The van der Waals surface area contributed by atoms with E-state index < -0.39 is 0 Å². The fourth-order valence-electron chi connectivity index (χ4n) is 1.81. The molecular weight excluding hydrogens is 341 g/mol. The number of hydrogen-bond donors (Lipinski definition) is 2. The first kappa shape index (κ1) is 21.4. The number of aromatic nitrogens is 1. The molecule has 0 saturated heterocycles. The highest BCUT2D eigenvalue weighted by Gasteiger charge is 2.06. The molecule has 1 aromatic carbocycles. The van der Waals surface area contributed by atoms with Gasteiger partial charge in [0.25, 0.3) is 5.91 Å². The van der Waals surface area contributed by atoms with Crippen molar-refractivity contribution in [1.29, 1.82) is 0 Å². The van der Waals surface area contributed by atoms with Gasteiger partial charge in [0.2, 0.25) is 0 Å². The Labute approximate surface area is 147 Å². The van der Waals surface area contributed by atoms with Gasteiger partial charge < -0.3 is 19.8 Å². The van der Waals surface area contributed by atoms with Crippen LogP contribution in [0.15, 0.2) is 41.3 Å². The number of ether oxygens (including phenoxy) is 1. The molecule has 128 valence electrons. The zero-order valence-corrected chi connectivity index (χ0v) is 14.4. The van der Waals surface area contributed by atoms with E-state index in [1.807, 2.05) is 12.1 Å². The molecule has 2 rings (SSSR count). The second-order valence-corrected chi connectivity index (χ2v) is 4.44. The molecule has 0 atom stereocenters. The lowest BCUT2D eigenvalue weighted by Gasteiger charge is -2.07. The number of oxazole rings is 1. The topological polar surface area (TPSA) is 76.4 Å². The minimum Gasteiger partial charge on any atom is -0.444 e. The quantitative estimate of drug-likeness (QED) is 0.704. The van der Waals surface area contributed by atoms with E-state index in [1.54, 1.807) is 25.4 Å². The van der Waals surface area contributed by atoms with Crippen LogP contribution in [0.3, 0.4) is 0 Å². The van der Waals surface area contributed by atoms with Crippen molar-refractivity contribution in [2.75, 3.05) is 33.4 Å². The average Bonchev–Trinajstić information content (AvgIpc) is 3.05. The molecule has 0 aliphatic heterocycles. The van der Waals surface area contributed by atoms with E-state index in [9.17, 15) is 4.79 Å². The van der Waals surface area contributed by atoms with Crippen LogP contribution in [0.2, 0.25) is 0 Å². The van der Waals surface area contributed by atoms with Crippen LogP contribution in [0.25, 0.3) is 11.3 Å². The molecule has 0 fully saturated rings. The lowest BCUT2D eigenvalue weighted by atomic mass is 10.1. The summed E-state index contributed by atoms with van der Waals surface area (Å²) in [6, 6.07) is 7.22. The van der Waals surface area contributed by atoms with E-state index in [1.165, 1.54) is 6.39 Å². The Morgan fingerprint density at radius 2 is 1.91 bits per heavy atom. The van der Waals surface area contributed by atoms with Crippen LogP contribution in [0.5, 0.6) is 0 Å². The third-order valence-electron chi connectivity index (χ3n) is 2.93. The van der Waals surface area contributed by atoms with Gasteiger partial charge in [0, 0.05) is 37.9 Å². The van der Waals surface area contributed by atoms with E-state index in [0.29, 0.717) is 31.0 Å². The summed E-state index contributed by atoms with van der Waals surface area (Å²) >= 11 is 0. The molecule has 6 nitrogen and oxygen atoms in total. The monoisotopic (exact) mass is 361 g/mol. The summed E-state index contributed by atoms with van der Waals surface area (Å²) in [5, 5.41) is 6.01. The lowest BCUT2D eigenvalue weighted by molar-refractivity contribution is 0.0953. The Morgan fingerprint density at radius 3 is 2.52 bits per heavy atom. The molecule has 0 aliphatic rings. The number of hydrogen-bond acceptors (Lipinski definition) is 5. The summed E-state index contributed by atoms with van der Waals surface area (Å²) in [6.07, 6.45) is 3.02. The van der Waals surface area contributed by atoms with Gasteiger partial charge in [-0.3, -0.25) is 4.79 Å². The third kappa shape index (κ3) is 7.00. The van der Waals surface area contributed by atoms with Crippen LogP contribution >= 0.6 is 24.8 Å². The van der Waals surface area contributed by atoms with Crippen LogP contribution in [0.4, 0.5) is 0 Å². The van der Waals surface area contributed by atoms with Crippen molar-refractivity contribution in [2.45, 2.75) is 0 Å².